The second-order valence-electron chi connectivity index (χ2n) is 3.96. The van der Waals surface area contributed by atoms with Crippen molar-refractivity contribution in [2.75, 3.05) is 17.3 Å². The molecule has 0 spiro atoms. The molecule has 0 aliphatic carbocycles. The first-order chi connectivity index (χ1) is 8.35. The first-order valence-electron chi connectivity index (χ1n) is 5.69. The average molecular weight is 255 g/mol. The lowest BCUT2D eigenvalue weighted by molar-refractivity contribution is -0.117. The molecule has 2 unspecified atom stereocenters. The van der Waals surface area contributed by atoms with Gasteiger partial charge < -0.3 is 9.64 Å². The minimum absolute atomic E-state index is 0.0611. The van der Waals surface area contributed by atoms with Gasteiger partial charge >= 0.3 is 0 Å². The van der Waals surface area contributed by atoms with Gasteiger partial charge in [-0.1, -0.05) is 6.07 Å². The van der Waals surface area contributed by atoms with Gasteiger partial charge in [-0.3, -0.25) is 4.79 Å². The van der Waals surface area contributed by atoms with Crippen LogP contribution in [0.25, 0.3) is 0 Å². The van der Waals surface area contributed by atoms with Crippen molar-refractivity contribution in [2.24, 2.45) is 0 Å². The van der Waals surface area contributed by atoms with Crippen LogP contribution in [0.2, 0.25) is 0 Å². The number of carbonyl (C=O) groups excluding carboxylic acids is 1. The molecule has 1 aliphatic rings. The van der Waals surface area contributed by atoms with Crippen molar-refractivity contribution in [3.63, 3.8) is 0 Å². The zero-order valence-electron chi connectivity index (χ0n) is 9.46. The molecule has 0 saturated carbocycles. The molecule has 92 valence electrons. The van der Waals surface area contributed by atoms with Crippen molar-refractivity contribution in [3.05, 3.63) is 24.4 Å². The van der Waals surface area contributed by atoms with Gasteiger partial charge in [0.2, 0.25) is 0 Å². The Morgan fingerprint density at radius 2 is 2.47 bits per heavy atom. The number of alkyl halides is 1. The Bertz CT molecular complexity index is 361. The van der Waals surface area contributed by atoms with Gasteiger partial charge in [0.15, 0.2) is 12.5 Å². The van der Waals surface area contributed by atoms with Crippen LogP contribution in [-0.4, -0.2) is 36.0 Å². The summed E-state index contributed by atoms with van der Waals surface area (Å²) in [6.45, 7) is 0.692. The molecule has 0 N–H and O–H groups in total. The Kier molecular flexibility index (Phi) is 4.34. The topological polar surface area (TPSA) is 42.4 Å². The standard InChI is InChI=1S/C12H15ClN2O2/c13-6-3-4-10-8-15(12(9-16)17-10)11-5-1-2-7-14-11/h1-2,5,7,9-10,12H,3-4,6,8H2. The fourth-order valence-electron chi connectivity index (χ4n) is 1.95. The highest BCUT2D eigenvalue weighted by molar-refractivity contribution is 6.17. The Hall–Kier alpha value is -1.13. The van der Waals surface area contributed by atoms with Gasteiger partial charge in [-0.15, -0.1) is 11.6 Å². The van der Waals surface area contributed by atoms with Gasteiger partial charge in [-0.2, -0.15) is 0 Å². The van der Waals surface area contributed by atoms with Crippen LogP contribution >= 0.6 is 11.6 Å². The van der Waals surface area contributed by atoms with E-state index < -0.39 is 6.23 Å². The second kappa shape index (κ2) is 5.98. The highest BCUT2D eigenvalue weighted by atomic mass is 35.5. The summed E-state index contributed by atoms with van der Waals surface area (Å²) in [5, 5.41) is 0. The Morgan fingerprint density at radius 1 is 1.59 bits per heavy atom. The largest absolute Gasteiger partial charge is 0.346 e. The zero-order valence-corrected chi connectivity index (χ0v) is 10.2. The maximum atomic E-state index is 11.0. The van der Waals surface area contributed by atoms with Crippen LogP contribution in [0.3, 0.4) is 0 Å². The van der Waals surface area contributed by atoms with E-state index in [1.54, 1.807) is 6.20 Å². The number of aldehydes is 1. The molecular formula is C12H15ClN2O2. The van der Waals surface area contributed by atoms with Gasteiger partial charge in [0.1, 0.15) is 5.82 Å². The molecule has 5 heteroatoms. The van der Waals surface area contributed by atoms with Crippen LogP contribution in [0.15, 0.2) is 24.4 Å². The normalized spacial score (nSPS) is 23.9. The maximum absolute atomic E-state index is 11.0. The number of ether oxygens (including phenoxy) is 1. The summed E-state index contributed by atoms with van der Waals surface area (Å²) in [4.78, 5) is 17.1. The lowest BCUT2D eigenvalue weighted by atomic mass is 10.2. The van der Waals surface area contributed by atoms with Crippen LogP contribution in [0, 0.1) is 0 Å². The lowest BCUT2D eigenvalue weighted by Gasteiger charge is -2.18. The molecule has 0 radical (unpaired) electrons. The van der Waals surface area contributed by atoms with Crippen LogP contribution in [0.5, 0.6) is 0 Å². The molecule has 0 bridgehead atoms. The average Bonchev–Trinajstić information content (AvgIpc) is 2.80. The molecule has 1 saturated heterocycles. The summed E-state index contributed by atoms with van der Waals surface area (Å²) in [5.74, 6) is 1.40. The van der Waals surface area contributed by atoms with Crippen molar-refractivity contribution >= 4 is 23.7 Å². The third kappa shape index (κ3) is 2.96. The molecule has 0 amide bonds. The van der Waals surface area contributed by atoms with Crippen LogP contribution < -0.4 is 4.90 Å². The highest BCUT2D eigenvalue weighted by Crippen LogP contribution is 2.23. The molecule has 4 nitrogen and oxygen atoms in total. The molecular weight excluding hydrogens is 240 g/mol. The van der Waals surface area contributed by atoms with Gasteiger partial charge in [0, 0.05) is 18.6 Å². The number of hydrogen-bond donors (Lipinski definition) is 0. The predicted octanol–water partition coefficient (Wildman–Crippen LogP) is 1.83. The molecule has 17 heavy (non-hydrogen) atoms. The second-order valence-corrected chi connectivity index (χ2v) is 4.33. The first-order valence-corrected chi connectivity index (χ1v) is 6.23. The number of carbonyl (C=O) groups is 1. The number of aromatic nitrogens is 1. The van der Waals surface area contributed by atoms with Crippen molar-refractivity contribution in [1.82, 2.24) is 4.98 Å². The van der Waals surface area contributed by atoms with Crippen LogP contribution in [-0.2, 0) is 9.53 Å². The fourth-order valence-corrected chi connectivity index (χ4v) is 2.11. The molecule has 0 aromatic carbocycles. The highest BCUT2D eigenvalue weighted by Gasteiger charge is 2.32. The maximum Gasteiger partial charge on any atom is 0.188 e. The number of rotatable bonds is 5. The van der Waals surface area contributed by atoms with E-state index >= 15 is 0 Å². The monoisotopic (exact) mass is 254 g/mol. The Balaban J connectivity index is 2.04. The van der Waals surface area contributed by atoms with Crippen molar-refractivity contribution < 1.29 is 9.53 Å². The summed E-state index contributed by atoms with van der Waals surface area (Å²) in [7, 11) is 0. The molecule has 1 aliphatic heterocycles. The van der Waals surface area contributed by atoms with Crippen molar-refractivity contribution in [3.8, 4) is 0 Å². The lowest BCUT2D eigenvalue weighted by Crippen LogP contribution is -2.31. The molecule has 1 aromatic rings. The van der Waals surface area contributed by atoms with Crippen LogP contribution in [0.4, 0.5) is 5.82 Å². The third-order valence-electron chi connectivity index (χ3n) is 2.76. The van der Waals surface area contributed by atoms with E-state index in [-0.39, 0.29) is 6.10 Å². The molecule has 1 aromatic heterocycles. The smallest absolute Gasteiger partial charge is 0.188 e. The number of anilines is 1. The molecule has 2 heterocycles. The van der Waals surface area contributed by atoms with Gasteiger partial charge in [0.05, 0.1) is 6.10 Å². The Labute approximate surface area is 106 Å². The Morgan fingerprint density at radius 3 is 3.12 bits per heavy atom. The van der Waals surface area contributed by atoms with E-state index in [1.807, 2.05) is 23.1 Å². The van der Waals surface area contributed by atoms with E-state index in [4.69, 9.17) is 16.3 Å². The fraction of sp³-hybridized carbons (Fsp3) is 0.500. The summed E-state index contributed by atoms with van der Waals surface area (Å²) < 4.78 is 5.64. The van der Waals surface area contributed by atoms with E-state index in [1.165, 1.54) is 0 Å². The third-order valence-corrected chi connectivity index (χ3v) is 3.03. The van der Waals surface area contributed by atoms with Gasteiger partial charge in [-0.25, -0.2) is 4.98 Å². The zero-order chi connectivity index (χ0) is 12.1. The van der Waals surface area contributed by atoms with E-state index in [2.05, 4.69) is 4.98 Å². The summed E-state index contributed by atoms with van der Waals surface area (Å²) in [6.07, 6.45) is 3.83. The summed E-state index contributed by atoms with van der Waals surface area (Å²) >= 11 is 5.65. The van der Waals surface area contributed by atoms with Gasteiger partial charge in [-0.05, 0) is 25.0 Å². The van der Waals surface area contributed by atoms with Gasteiger partial charge in [0.25, 0.3) is 0 Å². The first kappa shape index (κ1) is 12.3. The predicted molar refractivity (Wildman–Crippen MR) is 66.3 cm³/mol. The minimum Gasteiger partial charge on any atom is -0.346 e. The quantitative estimate of drug-likeness (QED) is 0.594. The summed E-state index contributed by atoms with van der Waals surface area (Å²) in [6, 6.07) is 5.63. The number of hydrogen-bond acceptors (Lipinski definition) is 4. The summed E-state index contributed by atoms with van der Waals surface area (Å²) in [5.41, 5.74) is 0. The number of pyridine rings is 1. The van der Waals surface area contributed by atoms with Crippen LogP contribution in [0.1, 0.15) is 12.8 Å². The number of nitrogens with zero attached hydrogens (tertiary/aromatic N) is 2. The molecule has 1 fully saturated rings. The minimum atomic E-state index is -0.523. The molecule has 2 atom stereocenters. The number of halogens is 1. The molecule has 2 rings (SSSR count). The van der Waals surface area contributed by atoms with Crippen molar-refractivity contribution in [1.29, 1.82) is 0 Å². The SMILES string of the molecule is O=CC1OC(CCCCl)CN1c1ccccn1. The van der Waals surface area contributed by atoms with E-state index in [0.717, 1.165) is 24.9 Å². The van der Waals surface area contributed by atoms with E-state index in [0.29, 0.717) is 12.4 Å². The van der Waals surface area contributed by atoms with Crippen molar-refractivity contribution in [2.45, 2.75) is 25.2 Å². The van der Waals surface area contributed by atoms with E-state index in [9.17, 15) is 4.79 Å².